The zero-order chi connectivity index (χ0) is 40.4. The van der Waals surface area contributed by atoms with Gasteiger partial charge >= 0.3 is 6.18 Å². The van der Waals surface area contributed by atoms with Crippen LogP contribution in [0, 0.1) is 29.6 Å². The van der Waals surface area contributed by atoms with Crippen molar-refractivity contribution in [3.05, 3.63) is 192 Å². The highest BCUT2D eigenvalue weighted by Gasteiger charge is 2.33. The Balaban J connectivity index is 1.15. The fourth-order valence-corrected chi connectivity index (χ4v) is 8.66. The standard InChI is InChI=1S/C52H31F3N4/c1-32-10-2-3-11-39(32)35-22-24-48-43(26-35)41-13-5-8-16-46(41)58(48)50-28-33(18-20-37(50)30-56)34-19-21-38(31-57)51(29-34)59-47-17-9-6-14-42(47)44-27-36(23-25-49(44)59)40-12-4-7-15-45(40)52(53,54)55/h2-29H,1H3. The number of rotatable bonds is 5. The maximum Gasteiger partial charge on any atom is 0.417 e. The minimum Gasteiger partial charge on any atom is -0.308 e. The molecule has 0 amide bonds. The molecule has 0 fully saturated rings. The monoisotopic (exact) mass is 768 g/mol. The lowest BCUT2D eigenvalue weighted by molar-refractivity contribution is -0.137. The number of hydrogen-bond acceptors (Lipinski definition) is 2. The molecular weight excluding hydrogens is 738 g/mol. The highest BCUT2D eigenvalue weighted by atomic mass is 19.4. The van der Waals surface area contributed by atoms with Crippen molar-refractivity contribution in [2.45, 2.75) is 13.1 Å². The van der Waals surface area contributed by atoms with Crippen LogP contribution < -0.4 is 0 Å². The Morgan fingerprint density at radius 1 is 0.424 bits per heavy atom. The molecule has 10 aromatic rings. The van der Waals surface area contributed by atoms with Crippen LogP contribution in [0.15, 0.2) is 170 Å². The molecule has 0 aliphatic heterocycles. The summed E-state index contributed by atoms with van der Waals surface area (Å²) < 4.78 is 46.5. The molecule has 2 aromatic heterocycles. The lowest BCUT2D eigenvalue weighted by Gasteiger charge is -2.15. The molecule has 0 unspecified atom stereocenters. The molecule has 0 N–H and O–H groups in total. The molecule has 7 heteroatoms. The fourth-order valence-electron chi connectivity index (χ4n) is 8.66. The number of nitriles is 2. The van der Waals surface area contributed by atoms with Crippen LogP contribution >= 0.6 is 0 Å². The van der Waals surface area contributed by atoms with Crippen molar-refractivity contribution < 1.29 is 13.2 Å². The van der Waals surface area contributed by atoms with Crippen molar-refractivity contribution >= 4 is 43.6 Å². The van der Waals surface area contributed by atoms with Gasteiger partial charge in [-0.2, -0.15) is 23.7 Å². The van der Waals surface area contributed by atoms with Crippen molar-refractivity contribution in [1.82, 2.24) is 9.13 Å². The number of hydrogen-bond donors (Lipinski definition) is 0. The van der Waals surface area contributed by atoms with E-state index in [4.69, 9.17) is 0 Å². The van der Waals surface area contributed by atoms with E-state index in [0.717, 1.165) is 77.6 Å². The minimum atomic E-state index is -4.51. The second-order valence-electron chi connectivity index (χ2n) is 14.7. The average molecular weight is 769 g/mol. The molecule has 10 rings (SSSR count). The molecule has 0 aliphatic rings. The van der Waals surface area contributed by atoms with Crippen LogP contribution in [-0.2, 0) is 6.18 Å². The van der Waals surface area contributed by atoms with E-state index in [0.29, 0.717) is 22.4 Å². The largest absolute Gasteiger partial charge is 0.417 e. The summed E-state index contributed by atoms with van der Waals surface area (Å²) in [4.78, 5) is 0. The summed E-state index contributed by atoms with van der Waals surface area (Å²) in [5.41, 5.74) is 10.8. The van der Waals surface area contributed by atoms with Crippen molar-refractivity contribution in [2.75, 3.05) is 0 Å². The quantitative estimate of drug-likeness (QED) is 0.175. The lowest BCUT2D eigenvalue weighted by Crippen LogP contribution is -2.06. The summed E-state index contributed by atoms with van der Waals surface area (Å²) in [5, 5.41) is 24.7. The Labute approximate surface area is 337 Å². The van der Waals surface area contributed by atoms with E-state index in [9.17, 15) is 23.7 Å². The number of para-hydroxylation sites is 2. The molecule has 0 bridgehead atoms. The van der Waals surface area contributed by atoms with Gasteiger partial charge in [-0.15, -0.1) is 0 Å². The van der Waals surface area contributed by atoms with Gasteiger partial charge in [0.15, 0.2) is 0 Å². The van der Waals surface area contributed by atoms with Gasteiger partial charge < -0.3 is 9.13 Å². The number of benzene rings is 8. The van der Waals surface area contributed by atoms with E-state index in [2.05, 4.69) is 66.1 Å². The van der Waals surface area contributed by atoms with E-state index in [-0.39, 0.29) is 5.56 Å². The van der Waals surface area contributed by atoms with E-state index < -0.39 is 11.7 Å². The molecule has 0 saturated heterocycles. The number of nitrogens with zero attached hydrogens (tertiary/aromatic N) is 4. The maximum absolute atomic E-state index is 14.1. The van der Waals surface area contributed by atoms with Crippen LogP contribution in [-0.4, -0.2) is 9.13 Å². The summed E-state index contributed by atoms with van der Waals surface area (Å²) in [6.07, 6.45) is -4.51. The minimum absolute atomic E-state index is 0.102. The highest BCUT2D eigenvalue weighted by Crippen LogP contribution is 2.42. The predicted octanol–water partition coefficient (Wildman–Crippen LogP) is 14.0. The summed E-state index contributed by atoms with van der Waals surface area (Å²) in [7, 11) is 0. The SMILES string of the molecule is Cc1ccccc1-c1ccc2c(c1)c1ccccc1n2-c1cc(-c2ccc(C#N)c(-n3c4ccccc4c4cc(-c5ccccc5C(F)(F)F)ccc43)c2)ccc1C#N. The van der Waals surface area contributed by atoms with Crippen LogP contribution in [0.2, 0.25) is 0 Å². The zero-order valence-electron chi connectivity index (χ0n) is 31.6. The van der Waals surface area contributed by atoms with E-state index >= 15 is 0 Å². The van der Waals surface area contributed by atoms with Crippen LogP contribution in [0.3, 0.4) is 0 Å². The summed E-state index contributed by atoms with van der Waals surface area (Å²) in [6.45, 7) is 2.11. The van der Waals surface area contributed by atoms with Gasteiger partial charge in [0, 0.05) is 21.5 Å². The summed E-state index contributed by atoms with van der Waals surface area (Å²) >= 11 is 0. The first-order valence-corrected chi connectivity index (χ1v) is 19.1. The maximum atomic E-state index is 14.1. The normalized spacial score (nSPS) is 11.7. The number of halogens is 3. The third-order valence-corrected chi connectivity index (χ3v) is 11.4. The van der Waals surface area contributed by atoms with Gasteiger partial charge in [-0.25, -0.2) is 0 Å². The van der Waals surface area contributed by atoms with Crippen molar-refractivity contribution in [3.8, 4) is 56.9 Å². The van der Waals surface area contributed by atoms with Crippen LogP contribution in [0.4, 0.5) is 13.2 Å². The van der Waals surface area contributed by atoms with Gasteiger partial charge in [-0.1, -0.05) is 103 Å². The third-order valence-electron chi connectivity index (χ3n) is 11.4. The number of fused-ring (bicyclic) bond motifs is 6. The molecule has 0 radical (unpaired) electrons. The number of alkyl halides is 3. The average Bonchev–Trinajstić information content (AvgIpc) is 3.78. The summed E-state index contributed by atoms with van der Waals surface area (Å²) in [6, 6.07) is 58.0. The number of aryl methyl sites for hydroxylation is 1. The predicted molar refractivity (Wildman–Crippen MR) is 231 cm³/mol. The van der Waals surface area contributed by atoms with Gasteiger partial charge in [0.1, 0.15) is 12.1 Å². The van der Waals surface area contributed by atoms with Crippen LogP contribution in [0.1, 0.15) is 22.3 Å². The Morgan fingerprint density at radius 2 is 0.847 bits per heavy atom. The molecule has 280 valence electrons. The molecule has 2 heterocycles. The van der Waals surface area contributed by atoms with Crippen molar-refractivity contribution in [3.63, 3.8) is 0 Å². The molecule has 59 heavy (non-hydrogen) atoms. The van der Waals surface area contributed by atoms with E-state index in [1.807, 2.05) is 89.5 Å². The van der Waals surface area contributed by atoms with Gasteiger partial charge in [0.05, 0.1) is 50.1 Å². The molecule has 0 saturated carbocycles. The third kappa shape index (κ3) is 5.75. The molecule has 0 aliphatic carbocycles. The van der Waals surface area contributed by atoms with Gasteiger partial charge in [0.25, 0.3) is 0 Å². The summed E-state index contributed by atoms with van der Waals surface area (Å²) in [5.74, 6) is 0. The molecule has 0 atom stereocenters. The first-order valence-electron chi connectivity index (χ1n) is 19.1. The molecule has 8 aromatic carbocycles. The Bertz CT molecular complexity index is 3430. The first-order chi connectivity index (χ1) is 28.7. The fraction of sp³-hybridized carbons (Fsp3) is 0.0385. The second-order valence-corrected chi connectivity index (χ2v) is 14.7. The van der Waals surface area contributed by atoms with Crippen LogP contribution in [0.25, 0.3) is 88.4 Å². The van der Waals surface area contributed by atoms with Crippen LogP contribution in [0.5, 0.6) is 0 Å². The van der Waals surface area contributed by atoms with Gasteiger partial charge in [0.2, 0.25) is 0 Å². The zero-order valence-corrected chi connectivity index (χ0v) is 31.6. The smallest absolute Gasteiger partial charge is 0.308 e. The van der Waals surface area contributed by atoms with E-state index in [1.54, 1.807) is 24.3 Å². The number of aromatic nitrogens is 2. The molecular formula is C52H31F3N4. The van der Waals surface area contributed by atoms with E-state index in [1.165, 1.54) is 17.7 Å². The van der Waals surface area contributed by atoms with Crippen molar-refractivity contribution in [1.29, 1.82) is 10.5 Å². The second kappa shape index (κ2) is 13.7. The molecule has 4 nitrogen and oxygen atoms in total. The van der Waals surface area contributed by atoms with Gasteiger partial charge in [-0.05, 0) is 113 Å². The highest BCUT2D eigenvalue weighted by molar-refractivity contribution is 6.12. The van der Waals surface area contributed by atoms with Crippen molar-refractivity contribution in [2.24, 2.45) is 0 Å². The Kier molecular flexibility index (Phi) is 8.23. The Hall–Kier alpha value is -7.87. The molecule has 0 spiro atoms. The lowest BCUT2D eigenvalue weighted by atomic mass is 9.97. The van der Waals surface area contributed by atoms with Gasteiger partial charge in [-0.3, -0.25) is 0 Å². The Morgan fingerprint density at radius 3 is 1.36 bits per heavy atom. The topological polar surface area (TPSA) is 57.4 Å². The first kappa shape index (κ1) is 35.5.